The van der Waals surface area contributed by atoms with Crippen LogP contribution >= 0.6 is 0 Å². The Hall–Kier alpha value is -1.28. The molecule has 2 nitrogen and oxygen atoms in total. The zero-order chi connectivity index (χ0) is 17.6. The second kappa shape index (κ2) is 6.46. The van der Waals surface area contributed by atoms with E-state index < -0.39 is 0 Å². The van der Waals surface area contributed by atoms with Gasteiger partial charge in [-0.3, -0.25) is 0 Å². The summed E-state index contributed by atoms with van der Waals surface area (Å²) in [5.41, 5.74) is 4.95. The molecule has 0 aromatic heterocycles. The minimum Gasteiger partial charge on any atom is -0.501 e. The average Bonchev–Trinajstić information content (AvgIpc) is 2.94. The van der Waals surface area contributed by atoms with Crippen molar-refractivity contribution in [1.82, 2.24) is 0 Å². The van der Waals surface area contributed by atoms with Crippen LogP contribution in [0.25, 0.3) is 0 Å². The minimum atomic E-state index is -0.176. The summed E-state index contributed by atoms with van der Waals surface area (Å²) < 4.78 is 5.56. The third-order valence-electron chi connectivity index (χ3n) is 7.58. The quantitative estimate of drug-likeness (QED) is 0.702. The molecule has 4 aliphatic carbocycles. The maximum Gasteiger partial charge on any atom is 0.0959 e. The summed E-state index contributed by atoms with van der Waals surface area (Å²) in [7, 11) is 1.80. The lowest BCUT2D eigenvalue weighted by Gasteiger charge is -2.52. The molecule has 1 N–H and O–H groups in total. The van der Waals surface area contributed by atoms with Crippen LogP contribution in [0, 0.1) is 23.2 Å². The first kappa shape index (κ1) is 17.1. The molecule has 0 unspecified atom stereocenters. The second-order valence-corrected chi connectivity index (χ2v) is 8.71. The van der Waals surface area contributed by atoms with Crippen LogP contribution in [0.4, 0.5) is 0 Å². The normalized spacial score (nSPS) is 39.8. The van der Waals surface area contributed by atoms with Crippen molar-refractivity contribution < 1.29 is 9.84 Å². The zero-order valence-corrected chi connectivity index (χ0v) is 15.8. The van der Waals surface area contributed by atoms with E-state index in [1.54, 1.807) is 23.8 Å². The number of aliphatic hydroxyl groups is 1. The van der Waals surface area contributed by atoms with E-state index in [1.807, 2.05) is 0 Å². The van der Waals surface area contributed by atoms with Crippen LogP contribution in [0.5, 0.6) is 0 Å². The van der Waals surface area contributed by atoms with Crippen LogP contribution in [0.3, 0.4) is 0 Å². The number of allylic oxidation sites excluding steroid dienone is 4. The van der Waals surface area contributed by atoms with Crippen LogP contribution in [-0.2, 0) is 4.74 Å². The fourth-order valence-corrected chi connectivity index (χ4v) is 6.17. The molecule has 136 valence electrons. The van der Waals surface area contributed by atoms with Gasteiger partial charge in [0.05, 0.1) is 19.0 Å². The maximum absolute atomic E-state index is 10.6. The van der Waals surface area contributed by atoms with Crippen molar-refractivity contribution in [3.8, 4) is 0 Å². The number of rotatable bonds is 4. The Bertz CT molecular complexity index is 653. The van der Waals surface area contributed by atoms with Gasteiger partial charge < -0.3 is 9.84 Å². The van der Waals surface area contributed by atoms with Crippen LogP contribution in [0.15, 0.2) is 47.3 Å². The molecule has 0 aromatic rings. The van der Waals surface area contributed by atoms with Crippen LogP contribution in [0.1, 0.15) is 58.3 Å². The van der Waals surface area contributed by atoms with Gasteiger partial charge in [-0.25, -0.2) is 0 Å². The molecule has 0 heterocycles. The van der Waals surface area contributed by atoms with Crippen molar-refractivity contribution >= 4 is 0 Å². The first-order valence-electron chi connectivity index (χ1n) is 10.0. The molecule has 2 heteroatoms. The van der Waals surface area contributed by atoms with E-state index in [0.717, 1.165) is 37.9 Å². The third-order valence-corrected chi connectivity index (χ3v) is 7.58. The summed E-state index contributed by atoms with van der Waals surface area (Å²) in [5, 5.41) is 10.6. The summed E-state index contributed by atoms with van der Waals surface area (Å²) in [6, 6.07) is 0. The average molecular weight is 341 g/mol. The number of hydrogen-bond donors (Lipinski definition) is 1. The van der Waals surface area contributed by atoms with Crippen molar-refractivity contribution in [3.05, 3.63) is 47.3 Å². The van der Waals surface area contributed by atoms with Crippen LogP contribution in [-0.4, -0.2) is 18.3 Å². The van der Waals surface area contributed by atoms with E-state index in [1.165, 1.54) is 19.3 Å². The molecule has 25 heavy (non-hydrogen) atoms. The fraction of sp³-hybridized carbons (Fsp3) is 0.652. The van der Waals surface area contributed by atoms with Gasteiger partial charge in [0.25, 0.3) is 0 Å². The zero-order valence-electron chi connectivity index (χ0n) is 15.8. The Balaban J connectivity index is 1.69. The van der Waals surface area contributed by atoms with Gasteiger partial charge in [-0.15, -0.1) is 6.58 Å². The lowest BCUT2D eigenvalue weighted by atomic mass is 9.53. The van der Waals surface area contributed by atoms with E-state index in [2.05, 4.69) is 31.7 Å². The Labute approximate surface area is 152 Å². The van der Waals surface area contributed by atoms with E-state index in [-0.39, 0.29) is 11.5 Å². The summed E-state index contributed by atoms with van der Waals surface area (Å²) in [6.07, 6.45) is 15.4. The number of methoxy groups -OCH3 is 1. The van der Waals surface area contributed by atoms with Gasteiger partial charge in [0.2, 0.25) is 0 Å². The molecule has 5 atom stereocenters. The van der Waals surface area contributed by atoms with E-state index >= 15 is 0 Å². The minimum absolute atomic E-state index is 0.0217. The summed E-state index contributed by atoms with van der Waals surface area (Å²) >= 11 is 0. The summed E-state index contributed by atoms with van der Waals surface area (Å²) in [6.45, 7) is 6.26. The van der Waals surface area contributed by atoms with Gasteiger partial charge in [-0.2, -0.15) is 0 Å². The standard InChI is InChI=1S/C23H32O2/c1-4-5-6-15-13-16-14-17(25-3)7-8-18(16)19-11-12-23(2)20(22(15)19)9-10-21(23)24/h4,7,9,15,19,21-22,24H,1,5-6,8,10-14H2,2-3H3/t15-,19-,21+,22-,23+/m1/s1. The van der Waals surface area contributed by atoms with E-state index in [0.29, 0.717) is 17.8 Å². The lowest BCUT2D eigenvalue weighted by Crippen LogP contribution is -2.44. The first-order chi connectivity index (χ1) is 12.1. The van der Waals surface area contributed by atoms with Crippen molar-refractivity contribution in [2.45, 2.75) is 64.4 Å². The van der Waals surface area contributed by atoms with Gasteiger partial charge >= 0.3 is 0 Å². The largest absolute Gasteiger partial charge is 0.501 e. The van der Waals surface area contributed by atoms with E-state index in [4.69, 9.17) is 4.74 Å². The highest BCUT2D eigenvalue weighted by Crippen LogP contribution is 2.61. The molecule has 0 radical (unpaired) electrons. The van der Waals surface area contributed by atoms with Gasteiger partial charge in [0.1, 0.15) is 0 Å². The van der Waals surface area contributed by atoms with Crippen LogP contribution < -0.4 is 0 Å². The van der Waals surface area contributed by atoms with Crippen LogP contribution in [0.2, 0.25) is 0 Å². The molecule has 0 amide bonds. The molecular formula is C23H32O2. The molecule has 0 aromatic carbocycles. The molecule has 4 aliphatic rings. The number of hydrogen-bond acceptors (Lipinski definition) is 2. The Morgan fingerprint density at radius 2 is 2.24 bits per heavy atom. The highest BCUT2D eigenvalue weighted by molar-refractivity contribution is 5.39. The van der Waals surface area contributed by atoms with Gasteiger partial charge in [-0.05, 0) is 68.8 Å². The Morgan fingerprint density at radius 1 is 1.40 bits per heavy atom. The first-order valence-corrected chi connectivity index (χ1v) is 10.0. The van der Waals surface area contributed by atoms with Gasteiger partial charge in [-0.1, -0.05) is 35.8 Å². The fourth-order valence-electron chi connectivity index (χ4n) is 6.17. The predicted molar refractivity (Wildman–Crippen MR) is 102 cm³/mol. The van der Waals surface area contributed by atoms with E-state index in [9.17, 15) is 5.11 Å². The third kappa shape index (κ3) is 2.65. The van der Waals surface area contributed by atoms with Crippen molar-refractivity contribution in [2.24, 2.45) is 23.2 Å². The molecule has 0 aliphatic heterocycles. The van der Waals surface area contributed by atoms with Gasteiger partial charge in [0.15, 0.2) is 0 Å². The number of fused-ring (bicyclic) bond motifs is 4. The Morgan fingerprint density at radius 3 is 3.00 bits per heavy atom. The summed E-state index contributed by atoms with van der Waals surface area (Å²) in [4.78, 5) is 0. The molecular weight excluding hydrogens is 308 g/mol. The monoisotopic (exact) mass is 340 g/mol. The molecule has 0 saturated heterocycles. The molecule has 0 spiro atoms. The Kier molecular flexibility index (Phi) is 4.43. The smallest absolute Gasteiger partial charge is 0.0959 e. The van der Waals surface area contributed by atoms with Crippen molar-refractivity contribution in [3.63, 3.8) is 0 Å². The molecule has 4 rings (SSSR count). The maximum atomic E-state index is 10.6. The van der Waals surface area contributed by atoms with Crippen molar-refractivity contribution in [1.29, 1.82) is 0 Å². The highest BCUT2D eigenvalue weighted by atomic mass is 16.5. The molecule has 0 bridgehead atoms. The summed E-state index contributed by atoms with van der Waals surface area (Å²) in [5.74, 6) is 3.15. The highest BCUT2D eigenvalue weighted by Gasteiger charge is 2.52. The number of ether oxygens (including phenoxy) is 1. The predicted octanol–water partition coefficient (Wildman–Crippen LogP) is 5.32. The molecule has 1 fully saturated rings. The lowest BCUT2D eigenvalue weighted by molar-refractivity contribution is 0.0319. The number of aliphatic hydroxyl groups excluding tert-OH is 1. The van der Waals surface area contributed by atoms with Crippen molar-refractivity contribution in [2.75, 3.05) is 7.11 Å². The van der Waals surface area contributed by atoms with Gasteiger partial charge in [0, 0.05) is 11.8 Å². The topological polar surface area (TPSA) is 29.5 Å². The SMILES string of the molecule is C=CCC[C@@H]1CC2=C(CC=C(OC)C2)[C@H]2CC[C@@]3(C)C(=CC[C@@H]3O)[C@H]12. The second-order valence-electron chi connectivity index (χ2n) is 8.71. The molecule has 1 saturated carbocycles.